The van der Waals surface area contributed by atoms with Crippen molar-refractivity contribution in [3.63, 3.8) is 0 Å². The molecule has 1 aliphatic rings. The van der Waals surface area contributed by atoms with Crippen LogP contribution in [0.2, 0.25) is 0 Å². The lowest BCUT2D eigenvalue weighted by atomic mass is 10.2. The van der Waals surface area contributed by atoms with Gasteiger partial charge in [0.1, 0.15) is 6.33 Å². The van der Waals surface area contributed by atoms with Crippen LogP contribution in [0, 0.1) is 10.1 Å². The van der Waals surface area contributed by atoms with Crippen molar-refractivity contribution in [1.82, 2.24) is 15.0 Å². The highest BCUT2D eigenvalue weighted by Gasteiger charge is 2.24. The Morgan fingerprint density at radius 1 is 0.933 bits per heavy atom. The standard InChI is InChI=1S/C20H14N6O4/c27-26(28)18-19(24-12-6-7-16-17(9-12)30-11-29-16)22-10-23-20(18)25-15-5-1-4-14-13(15)3-2-8-21-14/h1-10H,11H2,(H2,22,23,24,25). The number of aromatic nitrogens is 3. The number of nitro groups is 1. The molecule has 0 unspecified atom stereocenters. The van der Waals surface area contributed by atoms with Crippen molar-refractivity contribution in [2.45, 2.75) is 0 Å². The molecule has 0 radical (unpaired) electrons. The maximum atomic E-state index is 11.9. The van der Waals surface area contributed by atoms with Crippen molar-refractivity contribution >= 4 is 39.6 Å². The number of rotatable bonds is 5. The van der Waals surface area contributed by atoms with Crippen LogP contribution < -0.4 is 20.1 Å². The molecule has 0 aliphatic carbocycles. The smallest absolute Gasteiger partial charge is 0.353 e. The van der Waals surface area contributed by atoms with Gasteiger partial charge in [-0.15, -0.1) is 0 Å². The van der Waals surface area contributed by atoms with Crippen molar-refractivity contribution < 1.29 is 14.4 Å². The normalized spacial score (nSPS) is 12.0. The zero-order valence-corrected chi connectivity index (χ0v) is 15.4. The average Bonchev–Trinajstić information content (AvgIpc) is 3.22. The molecule has 0 atom stereocenters. The molecule has 0 bridgehead atoms. The van der Waals surface area contributed by atoms with Crippen molar-refractivity contribution in [2.75, 3.05) is 17.4 Å². The quantitative estimate of drug-likeness (QED) is 0.374. The van der Waals surface area contributed by atoms with Gasteiger partial charge in [0.05, 0.1) is 10.4 Å². The Morgan fingerprint density at radius 3 is 2.63 bits per heavy atom. The van der Waals surface area contributed by atoms with Gasteiger partial charge in [-0.1, -0.05) is 6.07 Å². The molecule has 2 N–H and O–H groups in total. The van der Waals surface area contributed by atoms with Crippen molar-refractivity contribution in [2.24, 2.45) is 0 Å². The first-order valence-electron chi connectivity index (χ1n) is 8.96. The first-order valence-corrected chi connectivity index (χ1v) is 8.96. The Hall–Kier alpha value is -4.47. The van der Waals surface area contributed by atoms with Gasteiger partial charge in [0.2, 0.25) is 18.4 Å². The van der Waals surface area contributed by atoms with E-state index in [1.807, 2.05) is 18.2 Å². The molecule has 0 saturated carbocycles. The number of nitrogens with zero attached hydrogens (tertiary/aromatic N) is 4. The van der Waals surface area contributed by atoms with Gasteiger partial charge in [0, 0.05) is 29.0 Å². The average molecular weight is 402 g/mol. The van der Waals surface area contributed by atoms with Crippen LogP contribution in [0.3, 0.4) is 0 Å². The minimum atomic E-state index is -0.527. The van der Waals surface area contributed by atoms with Gasteiger partial charge in [-0.3, -0.25) is 15.1 Å². The van der Waals surface area contributed by atoms with Gasteiger partial charge in [0.15, 0.2) is 11.5 Å². The van der Waals surface area contributed by atoms with Gasteiger partial charge < -0.3 is 20.1 Å². The summed E-state index contributed by atoms with van der Waals surface area (Å²) in [4.78, 5) is 23.8. The Kier molecular flexibility index (Phi) is 4.21. The molecule has 148 valence electrons. The van der Waals surface area contributed by atoms with Gasteiger partial charge in [-0.2, -0.15) is 0 Å². The number of fused-ring (bicyclic) bond motifs is 2. The van der Waals surface area contributed by atoms with E-state index in [9.17, 15) is 10.1 Å². The SMILES string of the molecule is O=[N+]([O-])c1c(Nc2ccc3c(c2)OCO3)ncnc1Nc1cccc2ncccc12. The Morgan fingerprint density at radius 2 is 1.77 bits per heavy atom. The zero-order valence-electron chi connectivity index (χ0n) is 15.4. The Balaban J connectivity index is 1.53. The summed E-state index contributed by atoms with van der Waals surface area (Å²) in [5.41, 5.74) is 1.70. The third-order valence-corrected chi connectivity index (χ3v) is 4.54. The molecule has 2 aromatic carbocycles. The maximum absolute atomic E-state index is 11.9. The van der Waals surface area contributed by atoms with Crippen LogP contribution in [0.5, 0.6) is 11.5 Å². The second kappa shape index (κ2) is 7.17. The van der Waals surface area contributed by atoms with Crippen molar-refractivity contribution in [3.05, 3.63) is 71.2 Å². The highest BCUT2D eigenvalue weighted by Crippen LogP contribution is 2.38. The molecule has 0 amide bonds. The topological polar surface area (TPSA) is 124 Å². The molecule has 1 aliphatic heterocycles. The third-order valence-electron chi connectivity index (χ3n) is 4.54. The first kappa shape index (κ1) is 17.6. The van der Waals surface area contributed by atoms with Crippen LogP contribution in [0.4, 0.5) is 28.7 Å². The molecule has 10 heteroatoms. The third kappa shape index (κ3) is 3.15. The van der Waals surface area contributed by atoms with Crippen LogP contribution in [-0.2, 0) is 0 Å². The van der Waals surface area contributed by atoms with E-state index in [2.05, 4.69) is 25.6 Å². The number of hydrogen-bond donors (Lipinski definition) is 2. The summed E-state index contributed by atoms with van der Waals surface area (Å²) >= 11 is 0. The molecule has 4 aromatic rings. The number of pyridine rings is 1. The molecule has 10 nitrogen and oxygen atoms in total. The van der Waals surface area contributed by atoms with E-state index in [4.69, 9.17) is 9.47 Å². The highest BCUT2D eigenvalue weighted by atomic mass is 16.7. The second-order valence-corrected chi connectivity index (χ2v) is 6.37. The summed E-state index contributed by atoms with van der Waals surface area (Å²) in [7, 11) is 0. The van der Waals surface area contributed by atoms with E-state index in [1.54, 1.807) is 36.5 Å². The predicted octanol–water partition coefficient (Wildman–Crippen LogP) is 4.15. The summed E-state index contributed by atoms with van der Waals surface area (Å²) in [6.07, 6.45) is 2.95. The summed E-state index contributed by atoms with van der Waals surface area (Å²) < 4.78 is 10.6. The van der Waals surface area contributed by atoms with Gasteiger partial charge in [-0.05, 0) is 36.4 Å². The summed E-state index contributed by atoms with van der Waals surface area (Å²) in [6, 6.07) is 14.3. The lowest BCUT2D eigenvalue weighted by Crippen LogP contribution is -2.05. The van der Waals surface area contributed by atoms with Crippen LogP contribution in [0.25, 0.3) is 10.9 Å². The maximum Gasteiger partial charge on any atom is 0.353 e. The minimum Gasteiger partial charge on any atom is -0.454 e. The number of ether oxygens (including phenoxy) is 2. The van der Waals surface area contributed by atoms with Crippen LogP contribution in [-0.4, -0.2) is 26.7 Å². The van der Waals surface area contributed by atoms with Crippen LogP contribution in [0.15, 0.2) is 61.1 Å². The molecule has 0 saturated heterocycles. The fraction of sp³-hybridized carbons (Fsp3) is 0.0500. The molecular formula is C20H14N6O4. The van der Waals surface area contributed by atoms with Crippen molar-refractivity contribution in [3.8, 4) is 11.5 Å². The molecular weight excluding hydrogens is 388 g/mol. The first-order chi connectivity index (χ1) is 14.7. The lowest BCUT2D eigenvalue weighted by molar-refractivity contribution is -0.383. The van der Waals surface area contributed by atoms with E-state index in [0.29, 0.717) is 22.9 Å². The van der Waals surface area contributed by atoms with Crippen LogP contribution >= 0.6 is 0 Å². The minimum absolute atomic E-state index is 0.0507. The molecule has 5 rings (SSSR count). The summed E-state index contributed by atoms with van der Waals surface area (Å²) in [6.45, 7) is 0.139. The van der Waals surface area contributed by atoms with E-state index >= 15 is 0 Å². The summed E-state index contributed by atoms with van der Waals surface area (Å²) in [5, 5.41) is 18.7. The van der Waals surface area contributed by atoms with E-state index in [0.717, 1.165) is 10.9 Å². The number of benzene rings is 2. The van der Waals surface area contributed by atoms with E-state index in [1.165, 1.54) is 6.33 Å². The fourth-order valence-electron chi connectivity index (χ4n) is 3.19. The zero-order chi connectivity index (χ0) is 20.5. The van der Waals surface area contributed by atoms with E-state index < -0.39 is 4.92 Å². The number of anilines is 4. The van der Waals surface area contributed by atoms with E-state index in [-0.39, 0.29) is 24.1 Å². The molecule has 0 spiro atoms. The van der Waals surface area contributed by atoms with Gasteiger partial charge in [0.25, 0.3) is 0 Å². The Labute approximate surface area is 169 Å². The summed E-state index contributed by atoms with van der Waals surface area (Å²) in [5.74, 6) is 1.28. The van der Waals surface area contributed by atoms with Crippen LogP contribution in [0.1, 0.15) is 0 Å². The monoisotopic (exact) mass is 402 g/mol. The molecule has 0 fully saturated rings. The van der Waals surface area contributed by atoms with Crippen molar-refractivity contribution in [1.29, 1.82) is 0 Å². The largest absolute Gasteiger partial charge is 0.454 e. The lowest BCUT2D eigenvalue weighted by Gasteiger charge is -2.11. The Bertz CT molecular complexity index is 1270. The predicted molar refractivity (Wildman–Crippen MR) is 110 cm³/mol. The molecule has 3 heterocycles. The van der Waals surface area contributed by atoms with Gasteiger partial charge in [-0.25, -0.2) is 9.97 Å². The second-order valence-electron chi connectivity index (χ2n) is 6.37. The molecule has 30 heavy (non-hydrogen) atoms. The van der Waals surface area contributed by atoms with Gasteiger partial charge >= 0.3 is 5.69 Å². The number of hydrogen-bond acceptors (Lipinski definition) is 9. The number of nitrogens with one attached hydrogen (secondary N) is 2. The fourth-order valence-corrected chi connectivity index (χ4v) is 3.19. The molecule has 2 aromatic heterocycles. The highest BCUT2D eigenvalue weighted by molar-refractivity contribution is 5.94.